The van der Waals surface area contributed by atoms with Crippen LogP contribution >= 0.6 is 0 Å². The lowest BCUT2D eigenvalue weighted by Crippen LogP contribution is -2.05. The average molecular weight is 406 g/mol. The van der Waals surface area contributed by atoms with Gasteiger partial charge in [-0.1, -0.05) is 102 Å². The summed E-state index contributed by atoms with van der Waals surface area (Å²) in [6, 6.07) is 8.19. The summed E-state index contributed by atoms with van der Waals surface area (Å²) in [6.07, 6.45) is 12.7. The molecule has 30 heavy (non-hydrogen) atoms. The number of rotatable bonds is 11. The molecule has 0 aliphatic heterocycles. The van der Waals surface area contributed by atoms with Gasteiger partial charge in [0.05, 0.1) is 23.5 Å². The molecule has 1 heterocycles. The monoisotopic (exact) mass is 405 g/mol. The molecule has 0 unspecified atom stereocenters. The largest absolute Gasteiger partial charge is 0.492 e. The summed E-state index contributed by atoms with van der Waals surface area (Å²) in [5, 5.41) is 1.12. The highest BCUT2D eigenvalue weighted by Crippen LogP contribution is 2.33. The van der Waals surface area contributed by atoms with Crippen LogP contribution in [0, 0.1) is 0 Å². The fraction of sp³-hybridized carbons (Fsp3) is 0.357. The van der Waals surface area contributed by atoms with Gasteiger partial charge < -0.3 is 9.30 Å². The van der Waals surface area contributed by atoms with Crippen LogP contribution in [-0.2, 0) is 4.74 Å². The summed E-state index contributed by atoms with van der Waals surface area (Å²) >= 11 is 0. The van der Waals surface area contributed by atoms with E-state index in [-0.39, 0.29) is 0 Å². The van der Waals surface area contributed by atoms with Crippen molar-refractivity contribution in [3.8, 4) is 0 Å². The van der Waals surface area contributed by atoms with Gasteiger partial charge in [0.15, 0.2) is 0 Å². The van der Waals surface area contributed by atoms with Crippen molar-refractivity contribution in [3.05, 3.63) is 79.2 Å². The van der Waals surface area contributed by atoms with Crippen molar-refractivity contribution in [2.75, 3.05) is 6.61 Å². The number of fused-ring (bicyclic) bond motifs is 1. The lowest BCUT2D eigenvalue weighted by Gasteiger charge is -2.16. The maximum atomic E-state index is 5.67. The lowest BCUT2D eigenvalue weighted by molar-refractivity contribution is 0.245. The number of nitrogens with zero attached hydrogens (tertiary/aromatic N) is 1. The molecule has 0 saturated heterocycles. The molecule has 0 saturated carbocycles. The van der Waals surface area contributed by atoms with Gasteiger partial charge in [0.2, 0.25) is 0 Å². The van der Waals surface area contributed by atoms with Crippen molar-refractivity contribution >= 4 is 28.8 Å². The Balaban J connectivity index is 0.000000553. The summed E-state index contributed by atoms with van der Waals surface area (Å²) in [5.41, 5.74) is 4.86. The number of hydrogen-bond donors (Lipinski definition) is 0. The maximum Gasteiger partial charge on any atom is 0.136 e. The second-order valence-electron chi connectivity index (χ2n) is 7.35. The number of allylic oxidation sites excluding steroid dienone is 3. The first-order valence-electron chi connectivity index (χ1n) is 11.0. The number of aromatic nitrogens is 1. The van der Waals surface area contributed by atoms with Crippen molar-refractivity contribution in [1.82, 2.24) is 4.57 Å². The van der Waals surface area contributed by atoms with E-state index in [0.29, 0.717) is 12.4 Å². The van der Waals surface area contributed by atoms with E-state index in [2.05, 4.69) is 56.9 Å². The van der Waals surface area contributed by atoms with Crippen molar-refractivity contribution in [2.24, 2.45) is 0 Å². The quantitative estimate of drug-likeness (QED) is 0.207. The molecule has 1 aromatic carbocycles. The van der Waals surface area contributed by atoms with E-state index >= 15 is 0 Å². The summed E-state index contributed by atoms with van der Waals surface area (Å²) in [4.78, 5) is 0. The molecule has 1 aromatic heterocycles. The fourth-order valence-corrected chi connectivity index (χ4v) is 3.39. The first-order chi connectivity index (χ1) is 14.5. The molecule has 2 aromatic rings. The molecular weight excluding hydrogens is 366 g/mol. The molecule has 0 bridgehead atoms. The number of ether oxygens (including phenoxy) is 1. The fourth-order valence-electron chi connectivity index (χ4n) is 3.39. The second kappa shape index (κ2) is 13.5. The van der Waals surface area contributed by atoms with E-state index in [1.54, 1.807) is 0 Å². The minimum absolute atomic E-state index is 0.559. The van der Waals surface area contributed by atoms with Crippen molar-refractivity contribution in [3.63, 3.8) is 0 Å². The predicted octanol–water partition coefficient (Wildman–Crippen LogP) is 8.87. The number of unbranched alkanes of at least 4 members (excludes halogenated alkanes) is 4. The Kier molecular flexibility index (Phi) is 11.4. The zero-order chi connectivity index (χ0) is 22.5. The second-order valence-corrected chi connectivity index (χ2v) is 7.35. The highest BCUT2D eigenvalue weighted by Gasteiger charge is 2.18. The van der Waals surface area contributed by atoms with Crippen LogP contribution in [0.4, 0.5) is 0 Å². The van der Waals surface area contributed by atoms with Gasteiger partial charge >= 0.3 is 0 Å². The molecular formula is C28H39NO. The number of benzene rings is 1. The van der Waals surface area contributed by atoms with Crippen LogP contribution in [0.2, 0.25) is 0 Å². The third-order valence-corrected chi connectivity index (χ3v) is 4.78. The molecule has 0 N–H and O–H groups in total. The molecule has 0 atom stereocenters. The summed E-state index contributed by atoms with van der Waals surface area (Å²) in [5.74, 6) is 0.606. The Morgan fingerprint density at radius 3 is 2.10 bits per heavy atom. The van der Waals surface area contributed by atoms with E-state index in [9.17, 15) is 0 Å². The molecule has 2 heteroatoms. The standard InChI is InChI=1S/C21H23NO.C7H16/c1-7-17-18-12-10-11-13-20(18)22(19(17)8-2)21(14-15(4)5)16(6)23-9-3;1-3-5-7-6-4-2/h7-8,10-14H,1-2,4,6,9H2,3,5H3;3-7H2,1-2H3/b21-14+;. The van der Waals surface area contributed by atoms with Crippen LogP contribution in [0.25, 0.3) is 28.8 Å². The summed E-state index contributed by atoms with van der Waals surface area (Å²) in [7, 11) is 0. The van der Waals surface area contributed by atoms with Gasteiger partial charge in [-0.15, -0.1) is 0 Å². The highest BCUT2D eigenvalue weighted by atomic mass is 16.5. The smallest absolute Gasteiger partial charge is 0.136 e. The molecule has 0 amide bonds. The van der Waals surface area contributed by atoms with Gasteiger partial charge in [-0.25, -0.2) is 0 Å². The molecule has 162 valence electrons. The van der Waals surface area contributed by atoms with E-state index in [1.807, 2.05) is 44.2 Å². The predicted molar refractivity (Wildman–Crippen MR) is 136 cm³/mol. The van der Waals surface area contributed by atoms with Gasteiger partial charge in [-0.05, 0) is 32.1 Å². The van der Waals surface area contributed by atoms with Crippen molar-refractivity contribution < 1.29 is 4.74 Å². The van der Waals surface area contributed by atoms with Gasteiger partial charge in [0, 0.05) is 10.9 Å². The molecule has 2 rings (SSSR count). The first-order valence-corrected chi connectivity index (χ1v) is 11.0. The van der Waals surface area contributed by atoms with Crippen LogP contribution in [0.1, 0.15) is 71.1 Å². The first kappa shape index (κ1) is 25.3. The van der Waals surface area contributed by atoms with Gasteiger partial charge in [-0.2, -0.15) is 0 Å². The molecule has 0 aliphatic rings. The normalized spacial score (nSPS) is 10.9. The van der Waals surface area contributed by atoms with Gasteiger partial charge in [-0.3, -0.25) is 0 Å². The van der Waals surface area contributed by atoms with E-state index in [1.165, 1.54) is 32.1 Å². The average Bonchev–Trinajstić information content (AvgIpc) is 3.06. The number of para-hydroxylation sites is 1. The third-order valence-electron chi connectivity index (χ3n) is 4.78. The summed E-state index contributed by atoms with van der Waals surface area (Å²) in [6.45, 7) is 24.9. The zero-order valence-corrected chi connectivity index (χ0v) is 19.5. The van der Waals surface area contributed by atoms with Gasteiger partial charge in [0.1, 0.15) is 5.76 Å². The molecule has 0 aliphatic carbocycles. The SMILES string of the molecule is C=Cc1c(C=C)n(/C(=C/C(=C)C)C(=C)OCC)c2ccccc12.CCCCCCC. The Morgan fingerprint density at radius 1 is 0.967 bits per heavy atom. The third kappa shape index (κ3) is 6.66. The Labute approximate surface area is 184 Å². The van der Waals surface area contributed by atoms with Crippen LogP contribution in [-0.4, -0.2) is 11.2 Å². The zero-order valence-electron chi connectivity index (χ0n) is 19.5. The van der Waals surface area contributed by atoms with Crippen molar-refractivity contribution in [2.45, 2.75) is 59.8 Å². The van der Waals surface area contributed by atoms with E-state index in [4.69, 9.17) is 4.74 Å². The Bertz CT molecular complexity index is 891. The van der Waals surface area contributed by atoms with Crippen LogP contribution in [0.3, 0.4) is 0 Å². The minimum Gasteiger partial charge on any atom is -0.492 e. The summed E-state index contributed by atoms with van der Waals surface area (Å²) < 4.78 is 7.77. The Morgan fingerprint density at radius 2 is 1.60 bits per heavy atom. The van der Waals surface area contributed by atoms with Crippen LogP contribution < -0.4 is 0 Å². The molecule has 2 nitrogen and oxygen atoms in total. The molecule has 0 spiro atoms. The Hall–Kier alpha value is -2.74. The maximum absolute atomic E-state index is 5.67. The molecule has 0 fully saturated rings. The highest BCUT2D eigenvalue weighted by molar-refractivity contribution is 5.97. The van der Waals surface area contributed by atoms with Gasteiger partial charge in [0.25, 0.3) is 0 Å². The van der Waals surface area contributed by atoms with Crippen LogP contribution in [0.5, 0.6) is 0 Å². The minimum atomic E-state index is 0.559. The van der Waals surface area contributed by atoms with E-state index in [0.717, 1.165) is 33.4 Å². The molecule has 0 radical (unpaired) electrons. The van der Waals surface area contributed by atoms with E-state index < -0.39 is 0 Å². The topological polar surface area (TPSA) is 14.2 Å². The number of hydrogen-bond acceptors (Lipinski definition) is 1. The lowest BCUT2D eigenvalue weighted by atomic mass is 10.1. The van der Waals surface area contributed by atoms with Crippen LogP contribution in [0.15, 0.2) is 68.0 Å². The van der Waals surface area contributed by atoms with Crippen molar-refractivity contribution in [1.29, 1.82) is 0 Å².